The number of carboxylic acid groups (broad SMARTS) is 1. The van der Waals surface area contributed by atoms with Crippen LogP contribution < -0.4 is 0 Å². The van der Waals surface area contributed by atoms with Crippen molar-refractivity contribution in [2.45, 2.75) is 31.6 Å². The Morgan fingerprint density at radius 1 is 1.24 bits per heavy atom. The van der Waals surface area contributed by atoms with Crippen molar-refractivity contribution in [3.05, 3.63) is 35.7 Å². The number of hydrogen-bond acceptors (Lipinski definition) is 4. The quantitative estimate of drug-likeness (QED) is 0.935. The first-order chi connectivity index (χ1) is 10.2. The maximum absolute atomic E-state index is 11.0. The minimum Gasteiger partial charge on any atom is -0.478 e. The molecule has 1 N–H and O–H groups in total. The monoisotopic (exact) mass is 284 g/mol. The number of aromatic carboxylic acids is 1. The first-order valence-corrected chi connectivity index (χ1v) is 7.41. The van der Waals surface area contributed by atoms with Crippen molar-refractivity contribution >= 4 is 5.97 Å². The molecule has 21 heavy (non-hydrogen) atoms. The highest BCUT2D eigenvalue weighted by Gasteiger charge is 2.54. The zero-order chi connectivity index (χ0) is 14.4. The number of carbonyl (C=O) groups is 1. The van der Waals surface area contributed by atoms with Crippen molar-refractivity contribution in [2.24, 2.45) is 11.8 Å². The Hall–Kier alpha value is -2.17. The van der Waals surface area contributed by atoms with Gasteiger partial charge in [-0.25, -0.2) is 4.79 Å². The molecule has 0 amide bonds. The van der Waals surface area contributed by atoms with Gasteiger partial charge >= 0.3 is 5.97 Å². The van der Waals surface area contributed by atoms with E-state index in [0.717, 1.165) is 17.7 Å². The van der Waals surface area contributed by atoms with E-state index in [9.17, 15) is 4.79 Å². The van der Waals surface area contributed by atoms with Crippen LogP contribution in [0.1, 0.15) is 47.8 Å². The molecule has 4 rings (SSSR count). The fourth-order valence-electron chi connectivity index (χ4n) is 3.64. The summed E-state index contributed by atoms with van der Waals surface area (Å²) in [5, 5.41) is 13.1. The molecule has 0 radical (unpaired) electrons. The normalized spacial score (nSPS) is 27.1. The van der Waals surface area contributed by atoms with Crippen molar-refractivity contribution in [2.75, 3.05) is 0 Å². The summed E-state index contributed by atoms with van der Waals surface area (Å²) in [4.78, 5) is 15.5. The summed E-state index contributed by atoms with van der Waals surface area (Å²) < 4.78 is 5.43. The molecule has 2 aliphatic rings. The molecule has 108 valence electrons. The number of nitrogens with zero attached hydrogens (tertiary/aromatic N) is 2. The van der Waals surface area contributed by atoms with Crippen LogP contribution in [0.4, 0.5) is 0 Å². The Bertz CT molecular complexity index is 682. The van der Waals surface area contributed by atoms with Gasteiger partial charge in [0.1, 0.15) is 0 Å². The van der Waals surface area contributed by atoms with Gasteiger partial charge in [0.2, 0.25) is 11.7 Å². The molecule has 0 aliphatic heterocycles. The molecule has 2 aromatic rings. The highest BCUT2D eigenvalue weighted by Crippen LogP contribution is 2.60. The lowest BCUT2D eigenvalue weighted by Crippen LogP contribution is -1.96. The van der Waals surface area contributed by atoms with E-state index in [0.29, 0.717) is 17.3 Å². The zero-order valence-corrected chi connectivity index (χ0v) is 11.5. The molecule has 1 aromatic carbocycles. The summed E-state index contributed by atoms with van der Waals surface area (Å²) in [6.45, 7) is 0. The second-order valence-corrected chi connectivity index (χ2v) is 5.98. The Kier molecular flexibility index (Phi) is 2.80. The fraction of sp³-hybridized carbons (Fsp3) is 0.438. The topological polar surface area (TPSA) is 76.2 Å². The Labute approximate surface area is 122 Å². The average Bonchev–Trinajstić information content (AvgIpc) is 3.04. The van der Waals surface area contributed by atoms with Crippen molar-refractivity contribution in [1.29, 1.82) is 0 Å². The van der Waals surface area contributed by atoms with Crippen molar-refractivity contribution in [3.8, 4) is 11.4 Å². The first-order valence-electron chi connectivity index (χ1n) is 7.41. The Morgan fingerprint density at radius 3 is 2.71 bits per heavy atom. The molecule has 2 unspecified atom stereocenters. The molecule has 1 aromatic heterocycles. The second kappa shape index (κ2) is 4.69. The average molecular weight is 284 g/mol. The number of carboxylic acids is 1. The number of aromatic nitrogens is 2. The highest BCUT2D eigenvalue weighted by atomic mass is 16.5. The van der Waals surface area contributed by atoms with Crippen LogP contribution in [0.15, 0.2) is 28.8 Å². The van der Waals surface area contributed by atoms with Crippen LogP contribution in [-0.2, 0) is 0 Å². The predicted molar refractivity (Wildman–Crippen MR) is 74.9 cm³/mol. The summed E-state index contributed by atoms with van der Waals surface area (Å²) in [6, 6.07) is 6.64. The van der Waals surface area contributed by atoms with E-state index in [2.05, 4.69) is 10.1 Å². The van der Waals surface area contributed by atoms with Crippen LogP contribution in [0, 0.1) is 11.8 Å². The summed E-state index contributed by atoms with van der Waals surface area (Å²) >= 11 is 0. The molecule has 5 nitrogen and oxygen atoms in total. The van der Waals surface area contributed by atoms with Gasteiger partial charge in [-0.05, 0) is 36.8 Å². The van der Waals surface area contributed by atoms with E-state index in [1.165, 1.54) is 25.7 Å². The van der Waals surface area contributed by atoms with Crippen LogP contribution in [-0.4, -0.2) is 21.2 Å². The van der Waals surface area contributed by atoms with Crippen LogP contribution >= 0.6 is 0 Å². The predicted octanol–water partition coefficient (Wildman–Crippen LogP) is 3.34. The van der Waals surface area contributed by atoms with Crippen LogP contribution in [0.3, 0.4) is 0 Å². The second-order valence-electron chi connectivity index (χ2n) is 5.98. The number of rotatable bonds is 3. The van der Waals surface area contributed by atoms with Gasteiger partial charge < -0.3 is 9.63 Å². The van der Waals surface area contributed by atoms with E-state index >= 15 is 0 Å². The lowest BCUT2D eigenvalue weighted by Gasteiger charge is -2.04. The molecule has 2 atom stereocenters. The van der Waals surface area contributed by atoms with Crippen molar-refractivity contribution < 1.29 is 14.4 Å². The van der Waals surface area contributed by atoms with Gasteiger partial charge in [-0.2, -0.15) is 4.98 Å². The smallest absolute Gasteiger partial charge is 0.335 e. The summed E-state index contributed by atoms with van der Waals surface area (Å²) in [5.74, 6) is 2.12. The van der Waals surface area contributed by atoms with Gasteiger partial charge in [-0.3, -0.25) is 0 Å². The van der Waals surface area contributed by atoms with Crippen LogP contribution in [0.5, 0.6) is 0 Å². The molecule has 2 fully saturated rings. The Morgan fingerprint density at radius 2 is 2.00 bits per heavy atom. The summed E-state index contributed by atoms with van der Waals surface area (Å²) in [7, 11) is 0. The molecule has 1 heterocycles. The standard InChI is InChI=1S/C16H16N2O3/c19-16(20)10-5-3-4-9(8-10)14-17-15(21-18-14)13-11-6-1-2-7-12(11)13/h3-5,8,11-13H,1-2,6-7H2,(H,19,20). The maximum atomic E-state index is 11.0. The third kappa shape index (κ3) is 2.13. The molecule has 0 spiro atoms. The minimum absolute atomic E-state index is 0.235. The van der Waals surface area contributed by atoms with Gasteiger partial charge in [-0.1, -0.05) is 30.1 Å². The van der Waals surface area contributed by atoms with E-state index in [1.54, 1.807) is 24.3 Å². The molecular weight excluding hydrogens is 268 g/mol. The lowest BCUT2D eigenvalue weighted by molar-refractivity contribution is 0.0697. The summed E-state index contributed by atoms with van der Waals surface area (Å²) in [6.07, 6.45) is 5.14. The maximum Gasteiger partial charge on any atom is 0.335 e. The molecular formula is C16H16N2O3. The number of hydrogen-bond donors (Lipinski definition) is 1. The summed E-state index contributed by atoms with van der Waals surface area (Å²) in [5.41, 5.74) is 0.924. The van der Waals surface area contributed by atoms with Gasteiger partial charge in [-0.15, -0.1) is 0 Å². The van der Waals surface area contributed by atoms with Crippen molar-refractivity contribution in [3.63, 3.8) is 0 Å². The van der Waals surface area contributed by atoms with E-state index in [1.807, 2.05) is 0 Å². The number of fused-ring (bicyclic) bond motifs is 1. The van der Waals surface area contributed by atoms with Gasteiger partial charge in [0, 0.05) is 11.5 Å². The fourth-order valence-corrected chi connectivity index (χ4v) is 3.64. The van der Waals surface area contributed by atoms with E-state index in [4.69, 9.17) is 9.63 Å². The minimum atomic E-state index is -0.950. The van der Waals surface area contributed by atoms with E-state index < -0.39 is 5.97 Å². The molecule has 5 heteroatoms. The van der Waals surface area contributed by atoms with Crippen LogP contribution in [0.25, 0.3) is 11.4 Å². The lowest BCUT2D eigenvalue weighted by atomic mass is 10.0. The first kappa shape index (κ1) is 12.6. The van der Waals surface area contributed by atoms with Gasteiger partial charge in [0.05, 0.1) is 5.56 Å². The molecule has 0 saturated heterocycles. The molecule has 2 aliphatic carbocycles. The zero-order valence-electron chi connectivity index (χ0n) is 11.5. The van der Waals surface area contributed by atoms with Gasteiger partial charge in [0.25, 0.3) is 0 Å². The third-order valence-electron chi connectivity index (χ3n) is 4.75. The molecule has 0 bridgehead atoms. The van der Waals surface area contributed by atoms with Crippen molar-refractivity contribution in [1.82, 2.24) is 10.1 Å². The number of benzene rings is 1. The van der Waals surface area contributed by atoms with Crippen LogP contribution in [0.2, 0.25) is 0 Å². The van der Waals surface area contributed by atoms with Gasteiger partial charge in [0.15, 0.2) is 0 Å². The largest absolute Gasteiger partial charge is 0.478 e. The molecule has 2 saturated carbocycles. The SMILES string of the molecule is O=C(O)c1cccc(-c2noc(C3C4CCCCC43)n2)c1. The third-order valence-corrected chi connectivity index (χ3v) is 4.75. The van der Waals surface area contributed by atoms with E-state index in [-0.39, 0.29) is 5.56 Å². The highest BCUT2D eigenvalue weighted by molar-refractivity contribution is 5.89. The Balaban J connectivity index is 1.60.